The maximum Gasteiger partial charge on any atom is 0.274 e. The van der Waals surface area contributed by atoms with E-state index in [0.717, 1.165) is 18.5 Å². The second-order valence-corrected chi connectivity index (χ2v) is 4.55. The monoisotopic (exact) mass is 268 g/mol. The molecule has 5 nitrogen and oxygen atoms in total. The first-order chi connectivity index (χ1) is 7.24. The van der Waals surface area contributed by atoms with Gasteiger partial charge in [0, 0.05) is 12.0 Å². The average molecular weight is 269 g/mol. The van der Waals surface area contributed by atoms with Crippen LogP contribution in [0.2, 0.25) is 0 Å². The summed E-state index contributed by atoms with van der Waals surface area (Å²) in [6.07, 6.45) is 3.50. The van der Waals surface area contributed by atoms with Crippen LogP contribution in [-0.4, -0.2) is 19.6 Å². The van der Waals surface area contributed by atoms with Gasteiger partial charge in [-0.15, -0.1) is 0 Å². The fraction of sp³-hybridized carbons (Fsp3) is 0.444. The van der Waals surface area contributed by atoms with Crippen LogP contribution in [0.4, 0.5) is 0 Å². The van der Waals surface area contributed by atoms with Crippen molar-refractivity contribution < 1.29 is 0 Å². The van der Waals surface area contributed by atoms with Crippen molar-refractivity contribution in [2.45, 2.75) is 25.2 Å². The third kappa shape index (κ3) is 1.40. The molecule has 1 N–H and O–H groups in total. The van der Waals surface area contributed by atoms with Crippen LogP contribution in [-0.2, 0) is 0 Å². The molecule has 0 spiro atoms. The molecule has 2 heterocycles. The zero-order valence-corrected chi connectivity index (χ0v) is 9.49. The van der Waals surface area contributed by atoms with Crippen molar-refractivity contribution in [3.63, 3.8) is 0 Å². The van der Waals surface area contributed by atoms with Crippen LogP contribution in [0.3, 0.4) is 0 Å². The molecule has 2 aromatic heterocycles. The van der Waals surface area contributed by atoms with Gasteiger partial charge in [0.1, 0.15) is 0 Å². The highest BCUT2D eigenvalue weighted by Gasteiger charge is 2.22. The summed E-state index contributed by atoms with van der Waals surface area (Å²) in [5, 5.41) is 2.78. The van der Waals surface area contributed by atoms with Crippen molar-refractivity contribution in [2.75, 3.05) is 0 Å². The highest BCUT2D eigenvalue weighted by Crippen LogP contribution is 2.34. The lowest BCUT2D eigenvalue weighted by molar-refractivity contribution is 0.410. The van der Waals surface area contributed by atoms with E-state index in [9.17, 15) is 4.79 Å². The normalized spacial score (nSPS) is 16.9. The molecule has 1 aliphatic carbocycles. The molecule has 0 bridgehead atoms. The Kier molecular flexibility index (Phi) is 1.92. The quantitative estimate of drug-likeness (QED) is 0.852. The first-order valence-corrected chi connectivity index (χ1v) is 5.68. The third-order valence-corrected chi connectivity index (χ3v) is 3.20. The molecule has 0 radical (unpaired) electrons. The van der Waals surface area contributed by atoms with Crippen molar-refractivity contribution in [2.24, 2.45) is 0 Å². The summed E-state index contributed by atoms with van der Waals surface area (Å²) in [5.74, 6) is 0.898. The Morgan fingerprint density at radius 3 is 2.93 bits per heavy atom. The smallest absolute Gasteiger partial charge is 0.267 e. The topological polar surface area (TPSA) is 63.0 Å². The van der Waals surface area contributed by atoms with E-state index < -0.39 is 0 Å². The lowest BCUT2D eigenvalue weighted by Crippen LogP contribution is -2.19. The zero-order valence-electron chi connectivity index (χ0n) is 7.90. The van der Waals surface area contributed by atoms with E-state index in [0.29, 0.717) is 16.4 Å². The minimum atomic E-state index is -0.0971. The van der Waals surface area contributed by atoms with Crippen molar-refractivity contribution in [1.29, 1.82) is 0 Å². The molecular weight excluding hydrogens is 260 g/mol. The van der Waals surface area contributed by atoms with Gasteiger partial charge in [0.2, 0.25) is 0 Å². The van der Waals surface area contributed by atoms with Crippen molar-refractivity contribution in [1.82, 2.24) is 19.6 Å². The lowest BCUT2D eigenvalue weighted by Gasteiger charge is -2.24. The van der Waals surface area contributed by atoms with Gasteiger partial charge in [-0.05, 0) is 28.8 Å². The fourth-order valence-corrected chi connectivity index (χ4v) is 2.12. The van der Waals surface area contributed by atoms with Gasteiger partial charge in [0.15, 0.2) is 4.73 Å². The van der Waals surface area contributed by atoms with Gasteiger partial charge in [-0.25, -0.2) is 4.98 Å². The number of hydrogen-bond acceptors (Lipinski definition) is 3. The molecule has 2 aromatic rings. The van der Waals surface area contributed by atoms with Gasteiger partial charge in [0.25, 0.3) is 11.3 Å². The lowest BCUT2D eigenvalue weighted by atomic mass is 9.83. The second-order valence-electron chi connectivity index (χ2n) is 3.80. The maximum absolute atomic E-state index is 11.7. The third-order valence-electron chi connectivity index (χ3n) is 2.85. The highest BCUT2D eigenvalue weighted by molar-refractivity contribution is 9.10. The van der Waals surface area contributed by atoms with E-state index in [-0.39, 0.29) is 5.56 Å². The zero-order chi connectivity index (χ0) is 10.4. The molecule has 0 amide bonds. The molecule has 0 aromatic carbocycles. The number of rotatable bonds is 1. The van der Waals surface area contributed by atoms with E-state index in [1.165, 1.54) is 10.9 Å². The van der Waals surface area contributed by atoms with Crippen LogP contribution >= 0.6 is 15.9 Å². The van der Waals surface area contributed by atoms with Crippen LogP contribution in [0.5, 0.6) is 0 Å². The van der Waals surface area contributed by atoms with E-state index >= 15 is 0 Å². The maximum atomic E-state index is 11.7. The Morgan fingerprint density at radius 2 is 2.27 bits per heavy atom. The number of aromatic amines is 1. The van der Waals surface area contributed by atoms with Crippen LogP contribution in [0.1, 0.15) is 30.9 Å². The summed E-state index contributed by atoms with van der Waals surface area (Å²) in [7, 11) is 0. The molecule has 78 valence electrons. The van der Waals surface area contributed by atoms with Gasteiger partial charge in [-0.1, -0.05) is 6.42 Å². The molecule has 1 aliphatic rings. The second kappa shape index (κ2) is 3.16. The Morgan fingerprint density at radius 1 is 1.47 bits per heavy atom. The van der Waals surface area contributed by atoms with Gasteiger partial charge in [-0.3, -0.25) is 9.89 Å². The number of H-pyrrole nitrogens is 1. The molecule has 1 fully saturated rings. The van der Waals surface area contributed by atoms with E-state index in [4.69, 9.17) is 0 Å². The fourth-order valence-electron chi connectivity index (χ4n) is 1.79. The van der Waals surface area contributed by atoms with Crippen LogP contribution in [0, 0.1) is 0 Å². The van der Waals surface area contributed by atoms with Crippen LogP contribution in [0.15, 0.2) is 15.6 Å². The van der Waals surface area contributed by atoms with E-state index in [2.05, 4.69) is 31.0 Å². The average Bonchev–Trinajstić information content (AvgIpc) is 2.42. The molecule has 6 heteroatoms. The van der Waals surface area contributed by atoms with Gasteiger partial charge < -0.3 is 0 Å². The molecule has 0 atom stereocenters. The predicted molar refractivity (Wildman–Crippen MR) is 57.9 cm³/mol. The number of aromatic nitrogens is 4. The molecule has 0 saturated heterocycles. The summed E-state index contributed by atoms with van der Waals surface area (Å²) in [6.45, 7) is 0. The molecule has 0 aliphatic heterocycles. The van der Waals surface area contributed by atoms with Gasteiger partial charge >= 0.3 is 0 Å². The van der Waals surface area contributed by atoms with Gasteiger partial charge in [0.05, 0.1) is 5.69 Å². The summed E-state index contributed by atoms with van der Waals surface area (Å²) in [5.41, 5.74) is 0.783. The first-order valence-electron chi connectivity index (χ1n) is 4.89. The Balaban J connectivity index is 2.21. The number of fused-ring (bicyclic) bond motifs is 1. The Bertz CT molecular complexity index is 569. The standard InChI is InChI=1S/C9H9BrN4O/c10-8-12-9-11-6(5-2-1-3-5)4-7(15)14(9)13-8/h4-5H,1-3H2,(H,11,12,13). The van der Waals surface area contributed by atoms with E-state index in [1.807, 2.05) is 0 Å². The number of nitrogens with zero attached hydrogens (tertiary/aromatic N) is 3. The Hall–Kier alpha value is -1.17. The van der Waals surface area contributed by atoms with Gasteiger partial charge in [-0.2, -0.15) is 9.50 Å². The van der Waals surface area contributed by atoms with Crippen LogP contribution < -0.4 is 5.56 Å². The van der Waals surface area contributed by atoms with Crippen molar-refractivity contribution in [3.05, 3.63) is 26.8 Å². The summed E-state index contributed by atoms with van der Waals surface area (Å²) < 4.78 is 1.87. The number of nitrogens with one attached hydrogen (secondary N) is 1. The number of halogens is 1. The summed E-state index contributed by atoms with van der Waals surface area (Å²) in [6, 6.07) is 1.60. The number of hydrogen-bond donors (Lipinski definition) is 1. The summed E-state index contributed by atoms with van der Waals surface area (Å²) in [4.78, 5) is 20.1. The van der Waals surface area contributed by atoms with Crippen molar-refractivity contribution in [3.8, 4) is 0 Å². The molecule has 15 heavy (non-hydrogen) atoms. The molecule has 1 saturated carbocycles. The molecule has 0 unspecified atom stereocenters. The van der Waals surface area contributed by atoms with Crippen LogP contribution in [0.25, 0.3) is 5.78 Å². The predicted octanol–water partition coefficient (Wildman–Crippen LogP) is 1.45. The minimum Gasteiger partial charge on any atom is -0.267 e. The van der Waals surface area contributed by atoms with E-state index in [1.54, 1.807) is 6.07 Å². The highest BCUT2D eigenvalue weighted by atomic mass is 79.9. The molecular formula is C9H9BrN4O. The SMILES string of the molecule is O=c1cc(C2CCC2)nc2nc(Br)[nH]n12. The molecule has 3 rings (SSSR count). The minimum absolute atomic E-state index is 0.0971. The Labute approximate surface area is 93.7 Å². The largest absolute Gasteiger partial charge is 0.274 e. The first kappa shape index (κ1) is 9.08. The van der Waals surface area contributed by atoms with Crippen molar-refractivity contribution >= 4 is 21.7 Å². The summed E-state index contributed by atoms with van der Waals surface area (Å²) >= 11 is 3.19.